The maximum atomic E-state index is 9.76. The molecule has 3 nitrogen and oxygen atoms in total. The normalized spacial score (nSPS) is 5.12. The van der Waals surface area contributed by atoms with E-state index in [1.807, 2.05) is 0 Å². The van der Waals surface area contributed by atoms with Crippen LogP contribution in [0, 0.1) is 0 Å². The fraction of sp³-hybridized carbons (Fsp3) is 0. The maximum Gasteiger partial charge on any atom is 0.732 e. The summed E-state index contributed by atoms with van der Waals surface area (Å²) in [5, 5.41) is 21.5. The van der Waals surface area contributed by atoms with Gasteiger partial charge >= 0.3 is 61.2 Å². The Morgan fingerprint density at radius 2 is 1.12 bits per heavy atom. The van der Waals surface area contributed by atoms with E-state index in [0.29, 0.717) is 0 Å². The molecule has 0 rings (SSSR count). The fourth-order valence-electron chi connectivity index (χ4n) is 0. The zero-order valence-corrected chi connectivity index (χ0v) is 4.80. The summed E-state index contributed by atoms with van der Waals surface area (Å²) in [6, 6.07) is 0. The van der Waals surface area contributed by atoms with Crippen molar-refractivity contribution in [3.63, 3.8) is 0 Å². The van der Waals surface area contributed by atoms with Gasteiger partial charge in [-0.05, 0) is 0 Å². The quantitative estimate of drug-likeness (QED) is 0.344. The molecule has 0 aromatic heterocycles. The molecule has 3 N–H and O–H groups in total. The zero-order valence-electron chi connectivity index (χ0n) is 3.38. The summed E-state index contributed by atoms with van der Waals surface area (Å²) in [5.74, 6) is 0. The average molecular weight is 170 g/mol. The predicted octanol–water partition coefficient (Wildman–Crippen LogP) is -2.78. The van der Waals surface area contributed by atoms with E-state index in [1.165, 1.54) is 0 Å². The van der Waals surface area contributed by atoms with Crippen LogP contribution in [0.2, 0.25) is 0 Å². The van der Waals surface area contributed by atoms with Crippen molar-refractivity contribution in [3.05, 3.63) is 0 Å². The van der Waals surface area contributed by atoms with E-state index in [4.69, 9.17) is 15.1 Å². The first-order chi connectivity index (χ1) is 3.15. The molecule has 0 aliphatic heterocycles. The van der Waals surface area contributed by atoms with E-state index < -0.39 is 23.5 Å². The van der Waals surface area contributed by atoms with Crippen LogP contribution in [0.25, 0.3) is 0 Å². The van der Waals surface area contributed by atoms with E-state index in [1.54, 1.807) is 0 Å². The Morgan fingerprint density at radius 3 is 1.12 bits per heavy atom. The molecule has 0 aliphatic rings. The van der Waals surface area contributed by atoms with Gasteiger partial charge in [0.15, 0.2) is 0 Å². The Hall–Kier alpha value is 1.60. The van der Waals surface area contributed by atoms with Crippen LogP contribution < -0.4 is 0 Å². The summed E-state index contributed by atoms with van der Waals surface area (Å²) in [6.45, 7) is 0. The molecule has 0 unspecified atom stereocenters. The predicted molar refractivity (Wildman–Crippen MR) is 30.3 cm³/mol. The summed E-state index contributed by atoms with van der Waals surface area (Å²) in [5.41, 5.74) is 0. The van der Waals surface area contributed by atoms with Crippen LogP contribution in [0.3, 0.4) is 0 Å². The van der Waals surface area contributed by atoms with Crippen molar-refractivity contribution in [1.82, 2.24) is 0 Å². The third-order valence-corrected chi connectivity index (χ3v) is 0. The fourth-order valence-corrected chi connectivity index (χ4v) is 0. The number of rotatable bonds is 0. The largest absolute Gasteiger partial charge is 0.732 e. The maximum absolute atomic E-state index is 9.76. The topological polar surface area (TPSA) is 60.7 Å². The van der Waals surface area contributed by atoms with Gasteiger partial charge in [-0.2, -0.15) is 0 Å². The van der Waals surface area contributed by atoms with Crippen LogP contribution in [-0.4, -0.2) is 76.3 Å². The molecule has 0 bridgehead atoms. The van der Waals surface area contributed by atoms with E-state index in [0.717, 1.165) is 0 Å². The molecule has 0 aromatic rings. The van der Waals surface area contributed by atoms with Crippen LogP contribution in [-0.2, 0) is 0 Å². The zero-order chi connectivity index (χ0) is 6.28. The Labute approximate surface area is 82.5 Å². The summed E-state index contributed by atoms with van der Waals surface area (Å²) in [6.07, 6.45) is 0. The summed E-state index contributed by atoms with van der Waals surface area (Å²) < 4.78 is 19.5. The first-order valence-corrected chi connectivity index (χ1v) is 2.38. The molecule has 0 heterocycles. The Morgan fingerprint density at radius 1 is 1.12 bits per heavy atom. The van der Waals surface area contributed by atoms with Gasteiger partial charge in [-0.1, -0.05) is 0 Å². The van der Waals surface area contributed by atoms with Gasteiger partial charge in [-0.3, -0.25) is 0 Å². The van der Waals surface area contributed by atoms with E-state index in [2.05, 4.69) is 0 Å². The van der Waals surface area contributed by atoms with Crippen LogP contribution in [0.4, 0.5) is 7.05 Å². The SMILES string of the molecule is OB(O)O.[CaH2].[F][AlH][F]. The van der Waals surface area contributed by atoms with Crippen molar-refractivity contribution in [2.45, 2.75) is 0 Å². The molecule has 0 atom stereocenters. The van der Waals surface area contributed by atoms with Gasteiger partial charge in [0, 0.05) is 0 Å². The van der Waals surface area contributed by atoms with Crippen LogP contribution in [0.5, 0.6) is 0 Å². The molecule has 8 heteroatoms. The van der Waals surface area contributed by atoms with Gasteiger partial charge in [-0.25, -0.2) is 0 Å². The molecule has 0 amide bonds. The molecule has 0 saturated carbocycles. The number of hydrogen-bond acceptors (Lipinski definition) is 3. The first kappa shape index (κ1) is 16.3. The molecule has 0 saturated heterocycles. The van der Waals surface area contributed by atoms with Crippen molar-refractivity contribution in [3.8, 4) is 0 Å². The molecule has 0 fully saturated rings. The Balaban J connectivity index is -0.0000000575. The van der Waals surface area contributed by atoms with Crippen molar-refractivity contribution in [1.29, 1.82) is 0 Å². The third kappa shape index (κ3) is 130. The monoisotopic (exact) mass is 170 g/mol. The minimum atomic E-state index is -2.58. The third-order valence-electron chi connectivity index (χ3n) is 0. The smallest absolute Gasteiger partial charge is 0.377 e. The molecule has 0 radical (unpaired) electrons. The van der Waals surface area contributed by atoms with Crippen LogP contribution in [0.15, 0.2) is 0 Å². The van der Waals surface area contributed by atoms with Gasteiger partial charge < -0.3 is 22.1 Å². The summed E-state index contributed by atoms with van der Waals surface area (Å²) >= 11 is -2.58. The van der Waals surface area contributed by atoms with Gasteiger partial charge in [0.1, 0.15) is 0 Å². The summed E-state index contributed by atoms with van der Waals surface area (Å²) in [4.78, 5) is 0. The second kappa shape index (κ2) is 15.8. The molecule has 0 aliphatic carbocycles. The summed E-state index contributed by atoms with van der Waals surface area (Å²) in [7, 11) is -2.17. The van der Waals surface area contributed by atoms with Crippen molar-refractivity contribution >= 4 is 61.2 Å². The van der Waals surface area contributed by atoms with E-state index in [-0.39, 0.29) is 37.7 Å². The molecule has 0 aromatic carbocycles. The molecular formula is H6AlBCaF2O3. The van der Waals surface area contributed by atoms with Gasteiger partial charge in [-0.15, -0.1) is 0 Å². The minimum Gasteiger partial charge on any atom is -0.377 e. The molecule has 8 heavy (non-hydrogen) atoms. The van der Waals surface area contributed by atoms with Crippen molar-refractivity contribution in [2.75, 3.05) is 0 Å². The van der Waals surface area contributed by atoms with Gasteiger partial charge in [0.2, 0.25) is 0 Å². The molecule has 46 valence electrons. The standard InChI is InChI=1S/Al.BH3O3.Ca.2FH.3H/c;2-1(3)4;;;;;;/h;2-4H;;2*1H;;;/q+2;;;;;;;/p-2. The van der Waals surface area contributed by atoms with Crippen LogP contribution in [0.1, 0.15) is 0 Å². The van der Waals surface area contributed by atoms with E-state index >= 15 is 0 Å². The number of hydrogen-bond donors (Lipinski definition) is 3. The van der Waals surface area contributed by atoms with Gasteiger partial charge in [0.25, 0.3) is 0 Å². The van der Waals surface area contributed by atoms with E-state index in [9.17, 15) is 7.05 Å². The second-order valence-corrected chi connectivity index (χ2v) is 0.649. The van der Waals surface area contributed by atoms with Crippen molar-refractivity contribution in [2.24, 2.45) is 0 Å². The molecule has 0 spiro atoms. The Kier molecular flexibility index (Phi) is 32.3. The first-order valence-electron chi connectivity index (χ1n) is 1.31. The minimum absolute atomic E-state index is 0. The van der Waals surface area contributed by atoms with Gasteiger partial charge in [0.05, 0.1) is 0 Å². The van der Waals surface area contributed by atoms with Crippen molar-refractivity contribution < 1.29 is 22.1 Å². The number of halogens is 2. The van der Waals surface area contributed by atoms with Crippen LogP contribution >= 0.6 is 0 Å². The molecular weight excluding hydrogens is 164 g/mol. The average Bonchev–Trinajstić information content (AvgIpc) is 1.33. The second-order valence-electron chi connectivity index (χ2n) is 0.447. The Bertz CT molecular complexity index is 28.5.